The van der Waals surface area contributed by atoms with E-state index in [1.807, 2.05) is 30.8 Å². The van der Waals surface area contributed by atoms with Crippen LogP contribution in [0.3, 0.4) is 0 Å². The molecule has 0 saturated heterocycles. The summed E-state index contributed by atoms with van der Waals surface area (Å²) in [6.45, 7) is 3.07. The van der Waals surface area contributed by atoms with Crippen LogP contribution in [-0.2, 0) is 0 Å². The summed E-state index contributed by atoms with van der Waals surface area (Å²) in [6.07, 6.45) is 4.84. The van der Waals surface area contributed by atoms with E-state index < -0.39 is 0 Å². The molecule has 0 unspecified atom stereocenters. The van der Waals surface area contributed by atoms with Crippen LogP contribution in [-0.4, -0.2) is 17.5 Å². The van der Waals surface area contributed by atoms with Crippen LogP contribution in [0.5, 0.6) is 0 Å². The minimum absolute atomic E-state index is 0.482. The quantitative estimate of drug-likeness (QED) is 0.769. The molecule has 0 radical (unpaired) electrons. The van der Waals surface area contributed by atoms with Gasteiger partial charge >= 0.3 is 0 Å². The molecule has 1 fully saturated rings. The number of rotatable bonds is 4. The van der Waals surface area contributed by atoms with Crippen molar-refractivity contribution in [1.29, 1.82) is 0 Å². The molecule has 0 heterocycles. The molecule has 3 N–H and O–H groups in total. The smallest absolute Gasteiger partial charge is 0.0579 e. The van der Waals surface area contributed by atoms with Crippen molar-refractivity contribution in [2.45, 2.75) is 24.5 Å². The summed E-state index contributed by atoms with van der Waals surface area (Å²) in [4.78, 5) is 0. The van der Waals surface area contributed by atoms with Gasteiger partial charge in [-0.3, -0.25) is 0 Å². The first-order chi connectivity index (χ1) is 7.17. The van der Waals surface area contributed by atoms with Crippen LogP contribution in [0.1, 0.15) is 18.4 Å². The number of aryl methyl sites for hydroxylation is 1. The summed E-state index contributed by atoms with van der Waals surface area (Å²) in [5.41, 5.74) is 9.11. The molecule has 2 rings (SSSR count). The fourth-order valence-corrected chi connectivity index (χ4v) is 2.41. The molecule has 0 aromatic heterocycles. The van der Waals surface area contributed by atoms with Crippen molar-refractivity contribution >= 4 is 23.1 Å². The highest BCUT2D eigenvalue weighted by Crippen LogP contribution is 2.47. The van der Waals surface area contributed by atoms with Gasteiger partial charge in [0.05, 0.1) is 11.4 Å². The molecule has 1 aliphatic rings. The summed E-state index contributed by atoms with van der Waals surface area (Å²) in [7, 11) is 0. The first-order valence-corrected chi connectivity index (χ1v) is 6.53. The number of benzene rings is 1. The zero-order valence-electron chi connectivity index (χ0n) is 9.34. The molecule has 15 heavy (non-hydrogen) atoms. The minimum atomic E-state index is 0.482. The highest BCUT2D eigenvalue weighted by molar-refractivity contribution is 8.00. The average Bonchev–Trinajstić information content (AvgIpc) is 3.01. The monoisotopic (exact) mass is 222 g/mol. The fraction of sp³-hybridized carbons (Fsp3) is 0.500. The fourth-order valence-electron chi connectivity index (χ4n) is 1.68. The van der Waals surface area contributed by atoms with Crippen LogP contribution in [0, 0.1) is 6.92 Å². The predicted molar refractivity (Wildman–Crippen MR) is 69.6 cm³/mol. The van der Waals surface area contributed by atoms with E-state index in [2.05, 4.69) is 17.6 Å². The highest BCUT2D eigenvalue weighted by Gasteiger charge is 2.41. The second kappa shape index (κ2) is 3.97. The van der Waals surface area contributed by atoms with Crippen LogP contribution in [0.15, 0.2) is 18.2 Å². The van der Waals surface area contributed by atoms with Crippen LogP contribution >= 0.6 is 11.8 Å². The lowest BCUT2D eigenvalue weighted by molar-refractivity contribution is 0.949. The topological polar surface area (TPSA) is 38.0 Å². The van der Waals surface area contributed by atoms with E-state index in [0.717, 1.165) is 23.5 Å². The SMILES string of the molecule is CSC1(CNc2cccc(C)c2N)CC1. The highest BCUT2D eigenvalue weighted by atomic mass is 32.2. The summed E-state index contributed by atoms with van der Waals surface area (Å²) >= 11 is 1.96. The van der Waals surface area contributed by atoms with Crippen LogP contribution < -0.4 is 11.1 Å². The first kappa shape index (κ1) is 10.7. The third-order valence-corrected chi connectivity index (χ3v) is 4.58. The molecule has 2 nitrogen and oxygen atoms in total. The zero-order valence-corrected chi connectivity index (χ0v) is 10.2. The Kier molecular flexibility index (Phi) is 2.83. The number of nitrogen functional groups attached to an aromatic ring is 1. The van der Waals surface area contributed by atoms with Gasteiger partial charge in [-0.25, -0.2) is 0 Å². The first-order valence-electron chi connectivity index (χ1n) is 5.31. The van der Waals surface area contributed by atoms with E-state index in [1.54, 1.807) is 0 Å². The van der Waals surface area contributed by atoms with Crippen molar-refractivity contribution in [2.75, 3.05) is 23.9 Å². The van der Waals surface area contributed by atoms with Crippen molar-refractivity contribution in [3.63, 3.8) is 0 Å². The van der Waals surface area contributed by atoms with Crippen molar-refractivity contribution < 1.29 is 0 Å². The second-order valence-corrected chi connectivity index (χ2v) is 5.55. The number of hydrogen-bond donors (Lipinski definition) is 2. The lowest BCUT2D eigenvalue weighted by Gasteiger charge is -2.16. The molecule has 1 saturated carbocycles. The normalized spacial score (nSPS) is 17.5. The average molecular weight is 222 g/mol. The van der Waals surface area contributed by atoms with Gasteiger partial charge in [-0.2, -0.15) is 11.8 Å². The Hall–Kier alpha value is -0.830. The van der Waals surface area contributed by atoms with Gasteiger partial charge in [-0.05, 0) is 37.7 Å². The van der Waals surface area contributed by atoms with Crippen LogP contribution in [0.2, 0.25) is 0 Å². The molecule has 1 aliphatic carbocycles. The van der Waals surface area contributed by atoms with Crippen LogP contribution in [0.4, 0.5) is 11.4 Å². The van der Waals surface area contributed by atoms with E-state index >= 15 is 0 Å². The van der Waals surface area contributed by atoms with Gasteiger partial charge in [0.2, 0.25) is 0 Å². The van der Waals surface area contributed by atoms with Crippen molar-refractivity contribution in [1.82, 2.24) is 0 Å². The van der Waals surface area contributed by atoms with Gasteiger partial charge in [0.1, 0.15) is 0 Å². The van der Waals surface area contributed by atoms with Crippen molar-refractivity contribution in [3.05, 3.63) is 23.8 Å². The van der Waals surface area contributed by atoms with Gasteiger partial charge in [0.25, 0.3) is 0 Å². The molecule has 0 aliphatic heterocycles. The van der Waals surface area contributed by atoms with E-state index in [9.17, 15) is 0 Å². The Labute approximate surface area is 95.6 Å². The maximum absolute atomic E-state index is 6.00. The van der Waals surface area contributed by atoms with Gasteiger partial charge < -0.3 is 11.1 Å². The molecular weight excluding hydrogens is 204 g/mol. The minimum Gasteiger partial charge on any atom is -0.397 e. The number of nitrogens with two attached hydrogens (primary N) is 1. The summed E-state index contributed by atoms with van der Waals surface area (Å²) < 4.78 is 0.482. The number of para-hydroxylation sites is 1. The Morgan fingerprint density at radius 1 is 1.47 bits per heavy atom. The zero-order chi connectivity index (χ0) is 10.9. The maximum Gasteiger partial charge on any atom is 0.0579 e. The molecule has 0 bridgehead atoms. The number of hydrogen-bond acceptors (Lipinski definition) is 3. The van der Waals surface area contributed by atoms with E-state index in [1.165, 1.54) is 12.8 Å². The third-order valence-electron chi connectivity index (χ3n) is 3.17. The molecule has 0 amide bonds. The lowest BCUT2D eigenvalue weighted by atomic mass is 10.1. The van der Waals surface area contributed by atoms with Gasteiger partial charge in [-0.15, -0.1) is 0 Å². The van der Waals surface area contributed by atoms with E-state index in [-0.39, 0.29) is 0 Å². The third kappa shape index (κ3) is 2.23. The Balaban J connectivity index is 2.02. The standard InChI is InChI=1S/C12H18N2S/c1-9-4-3-5-10(11(9)13)14-8-12(15-2)6-7-12/h3-5,14H,6-8,13H2,1-2H3. The largest absolute Gasteiger partial charge is 0.397 e. The van der Waals surface area contributed by atoms with E-state index in [0.29, 0.717) is 4.75 Å². The number of nitrogens with one attached hydrogen (secondary N) is 1. The molecule has 1 aromatic carbocycles. The molecular formula is C12H18N2S. The maximum atomic E-state index is 6.00. The molecule has 0 spiro atoms. The molecule has 3 heteroatoms. The summed E-state index contributed by atoms with van der Waals surface area (Å²) in [5, 5.41) is 3.46. The summed E-state index contributed by atoms with van der Waals surface area (Å²) in [6, 6.07) is 6.15. The molecule has 0 atom stereocenters. The van der Waals surface area contributed by atoms with E-state index in [4.69, 9.17) is 5.73 Å². The summed E-state index contributed by atoms with van der Waals surface area (Å²) in [5.74, 6) is 0. The number of anilines is 2. The van der Waals surface area contributed by atoms with Gasteiger partial charge in [0.15, 0.2) is 0 Å². The van der Waals surface area contributed by atoms with Crippen molar-refractivity contribution in [3.8, 4) is 0 Å². The Morgan fingerprint density at radius 3 is 2.80 bits per heavy atom. The Morgan fingerprint density at radius 2 is 2.20 bits per heavy atom. The van der Waals surface area contributed by atoms with Crippen molar-refractivity contribution in [2.24, 2.45) is 0 Å². The second-order valence-electron chi connectivity index (χ2n) is 4.28. The Bertz CT molecular complexity index is 359. The lowest BCUT2D eigenvalue weighted by Crippen LogP contribution is -2.18. The van der Waals surface area contributed by atoms with Gasteiger partial charge in [0, 0.05) is 11.3 Å². The molecule has 1 aromatic rings. The predicted octanol–water partition coefficient (Wildman–Crippen LogP) is 2.88. The van der Waals surface area contributed by atoms with Gasteiger partial charge in [-0.1, -0.05) is 12.1 Å². The molecule has 82 valence electrons. The number of thioether (sulfide) groups is 1. The van der Waals surface area contributed by atoms with Crippen LogP contribution in [0.25, 0.3) is 0 Å².